The number of carbonyl (C=O) groups excluding carboxylic acids is 2. The Morgan fingerprint density at radius 1 is 0.960 bits per heavy atom. The van der Waals surface area contributed by atoms with E-state index in [-0.39, 0.29) is 11.8 Å². The summed E-state index contributed by atoms with van der Waals surface area (Å²) in [5, 5.41) is 6.43. The van der Waals surface area contributed by atoms with Crippen LogP contribution in [0.15, 0.2) is 59.0 Å². The Balaban J connectivity index is 1.64. The lowest BCUT2D eigenvalue weighted by Gasteiger charge is -2.04. The van der Waals surface area contributed by atoms with Crippen LogP contribution in [0.1, 0.15) is 18.2 Å². The van der Waals surface area contributed by atoms with E-state index in [4.69, 9.17) is 4.42 Å². The molecule has 25 heavy (non-hydrogen) atoms. The molecule has 5 heteroatoms. The lowest BCUT2D eigenvalue weighted by molar-refractivity contribution is -0.114. The van der Waals surface area contributed by atoms with Crippen molar-refractivity contribution >= 4 is 40.2 Å². The van der Waals surface area contributed by atoms with Gasteiger partial charge >= 0.3 is 0 Å². The van der Waals surface area contributed by atoms with Gasteiger partial charge in [0.15, 0.2) is 0 Å². The van der Waals surface area contributed by atoms with Crippen LogP contribution < -0.4 is 10.6 Å². The molecule has 2 aromatic carbocycles. The Morgan fingerprint density at radius 2 is 1.64 bits per heavy atom. The molecule has 0 bridgehead atoms. The van der Waals surface area contributed by atoms with Crippen molar-refractivity contribution < 1.29 is 14.0 Å². The number of hydrogen-bond donors (Lipinski definition) is 2. The molecule has 0 fully saturated rings. The Labute approximate surface area is 145 Å². The van der Waals surface area contributed by atoms with Gasteiger partial charge in [-0.3, -0.25) is 9.59 Å². The first-order chi connectivity index (χ1) is 12.0. The standard InChI is InChI=1S/C20H18N2O3/c1-13-3-4-15-12-18(25-19(15)11-13)9-10-20(24)22-17-7-5-16(6-8-17)21-14(2)23/h3-12H,1-2H3,(H,21,23)(H,22,24). The van der Waals surface area contributed by atoms with Crippen LogP contribution in [0.4, 0.5) is 11.4 Å². The smallest absolute Gasteiger partial charge is 0.248 e. The molecule has 3 aromatic rings. The number of rotatable bonds is 4. The Hall–Kier alpha value is -3.34. The Bertz CT molecular complexity index is 953. The summed E-state index contributed by atoms with van der Waals surface area (Å²) in [6, 6.07) is 14.8. The molecule has 2 amide bonds. The third-order valence-corrected chi connectivity index (χ3v) is 3.57. The Kier molecular flexibility index (Phi) is 4.66. The number of amides is 2. The lowest BCUT2D eigenvalue weighted by atomic mass is 10.2. The molecule has 1 heterocycles. The van der Waals surface area contributed by atoms with Crippen molar-refractivity contribution in [3.05, 3.63) is 65.9 Å². The highest BCUT2D eigenvalue weighted by Gasteiger charge is 2.03. The van der Waals surface area contributed by atoms with Gasteiger partial charge in [-0.2, -0.15) is 0 Å². The molecule has 2 N–H and O–H groups in total. The van der Waals surface area contributed by atoms with Crippen LogP contribution in [0.2, 0.25) is 0 Å². The van der Waals surface area contributed by atoms with Crippen LogP contribution in [0.3, 0.4) is 0 Å². The van der Waals surface area contributed by atoms with Crippen molar-refractivity contribution in [2.45, 2.75) is 13.8 Å². The SMILES string of the molecule is CC(=O)Nc1ccc(NC(=O)C=Cc2cc3ccc(C)cc3o2)cc1. The fraction of sp³-hybridized carbons (Fsp3) is 0.100. The summed E-state index contributed by atoms with van der Waals surface area (Å²) in [5.74, 6) is 0.224. The monoisotopic (exact) mass is 334 g/mol. The van der Waals surface area contributed by atoms with E-state index in [0.717, 1.165) is 16.5 Å². The first kappa shape index (κ1) is 16.5. The second-order valence-electron chi connectivity index (χ2n) is 5.77. The highest BCUT2D eigenvalue weighted by atomic mass is 16.3. The van der Waals surface area contributed by atoms with Gasteiger partial charge in [0, 0.05) is 29.8 Å². The number of aryl methyl sites for hydroxylation is 1. The van der Waals surface area contributed by atoms with Crippen molar-refractivity contribution in [1.82, 2.24) is 0 Å². The minimum atomic E-state index is -0.260. The van der Waals surface area contributed by atoms with Gasteiger partial charge in [-0.25, -0.2) is 0 Å². The van der Waals surface area contributed by atoms with Crippen LogP contribution in [-0.2, 0) is 9.59 Å². The number of hydrogen-bond acceptors (Lipinski definition) is 3. The summed E-state index contributed by atoms with van der Waals surface area (Å²) < 4.78 is 5.70. The van der Waals surface area contributed by atoms with Crippen molar-refractivity contribution in [3.8, 4) is 0 Å². The molecule has 5 nitrogen and oxygen atoms in total. The summed E-state index contributed by atoms with van der Waals surface area (Å²) >= 11 is 0. The van der Waals surface area contributed by atoms with Crippen molar-refractivity contribution in [2.75, 3.05) is 10.6 Å². The number of carbonyl (C=O) groups is 2. The molecular formula is C20H18N2O3. The maximum atomic E-state index is 12.0. The topological polar surface area (TPSA) is 71.3 Å². The molecular weight excluding hydrogens is 316 g/mol. The van der Waals surface area contributed by atoms with Gasteiger partial charge in [-0.1, -0.05) is 12.1 Å². The fourth-order valence-electron chi connectivity index (χ4n) is 2.42. The lowest BCUT2D eigenvalue weighted by Crippen LogP contribution is -2.08. The number of anilines is 2. The van der Waals surface area contributed by atoms with Gasteiger partial charge in [0.2, 0.25) is 11.8 Å². The first-order valence-electron chi connectivity index (χ1n) is 7.86. The summed E-state index contributed by atoms with van der Waals surface area (Å²) in [4.78, 5) is 23.0. The first-order valence-corrected chi connectivity index (χ1v) is 7.86. The summed E-state index contributed by atoms with van der Waals surface area (Å²) in [6.07, 6.45) is 3.06. The highest BCUT2D eigenvalue weighted by molar-refractivity contribution is 6.02. The summed E-state index contributed by atoms with van der Waals surface area (Å²) in [5.41, 5.74) is 3.24. The molecule has 0 radical (unpaired) electrons. The summed E-state index contributed by atoms with van der Waals surface area (Å²) in [7, 11) is 0. The minimum absolute atomic E-state index is 0.138. The molecule has 0 aliphatic carbocycles. The minimum Gasteiger partial charge on any atom is -0.457 e. The van der Waals surface area contributed by atoms with Gasteiger partial charge < -0.3 is 15.1 Å². The molecule has 0 aliphatic heterocycles. The molecule has 126 valence electrons. The molecule has 0 unspecified atom stereocenters. The third-order valence-electron chi connectivity index (χ3n) is 3.57. The molecule has 0 saturated heterocycles. The van der Waals surface area contributed by atoms with E-state index in [0.29, 0.717) is 17.1 Å². The molecule has 3 rings (SSSR count). The maximum absolute atomic E-state index is 12.0. The van der Waals surface area contributed by atoms with Crippen LogP contribution >= 0.6 is 0 Å². The maximum Gasteiger partial charge on any atom is 0.248 e. The number of furan rings is 1. The fourth-order valence-corrected chi connectivity index (χ4v) is 2.42. The van der Waals surface area contributed by atoms with E-state index in [1.165, 1.54) is 13.0 Å². The van der Waals surface area contributed by atoms with Crippen molar-refractivity contribution in [1.29, 1.82) is 0 Å². The summed E-state index contributed by atoms with van der Waals surface area (Å²) in [6.45, 7) is 3.45. The highest BCUT2D eigenvalue weighted by Crippen LogP contribution is 2.21. The van der Waals surface area contributed by atoms with Crippen molar-refractivity contribution in [3.63, 3.8) is 0 Å². The Morgan fingerprint density at radius 3 is 2.32 bits per heavy atom. The predicted octanol–water partition coefficient (Wildman–Crippen LogP) is 4.35. The number of fused-ring (bicyclic) bond motifs is 1. The van der Waals surface area contributed by atoms with Crippen LogP contribution in [0, 0.1) is 6.92 Å². The van der Waals surface area contributed by atoms with Gasteiger partial charge in [-0.15, -0.1) is 0 Å². The van der Waals surface area contributed by atoms with Crippen LogP contribution in [-0.4, -0.2) is 11.8 Å². The zero-order valence-corrected chi connectivity index (χ0v) is 14.0. The average Bonchev–Trinajstić information content (AvgIpc) is 2.96. The molecule has 0 atom stereocenters. The zero-order valence-electron chi connectivity index (χ0n) is 14.0. The van der Waals surface area contributed by atoms with Crippen LogP contribution in [0.25, 0.3) is 17.0 Å². The quantitative estimate of drug-likeness (QED) is 0.697. The molecule has 1 aromatic heterocycles. The van der Waals surface area contributed by atoms with Gasteiger partial charge in [0.25, 0.3) is 0 Å². The largest absolute Gasteiger partial charge is 0.457 e. The second kappa shape index (κ2) is 7.05. The van der Waals surface area contributed by atoms with E-state index in [1.807, 2.05) is 31.2 Å². The third kappa shape index (κ3) is 4.35. The predicted molar refractivity (Wildman–Crippen MR) is 99.4 cm³/mol. The zero-order chi connectivity index (χ0) is 17.8. The molecule has 0 aliphatic rings. The van der Waals surface area contributed by atoms with Gasteiger partial charge in [0.05, 0.1) is 0 Å². The van der Waals surface area contributed by atoms with E-state index < -0.39 is 0 Å². The van der Waals surface area contributed by atoms with E-state index in [9.17, 15) is 9.59 Å². The van der Waals surface area contributed by atoms with Crippen molar-refractivity contribution in [2.24, 2.45) is 0 Å². The van der Waals surface area contributed by atoms with Gasteiger partial charge in [0.1, 0.15) is 11.3 Å². The average molecular weight is 334 g/mol. The van der Waals surface area contributed by atoms with E-state index in [1.54, 1.807) is 30.3 Å². The number of benzene rings is 2. The van der Waals surface area contributed by atoms with E-state index >= 15 is 0 Å². The molecule has 0 spiro atoms. The second-order valence-corrected chi connectivity index (χ2v) is 5.77. The number of nitrogens with one attached hydrogen (secondary N) is 2. The van der Waals surface area contributed by atoms with Gasteiger partial charge in [-0.05, 0) is 55.0 Å². The normalized spacial score (nSPS) is 11.0. The van der Waals surface area contributed by atoms with E-state index in [2.05, 4.69) is 10.6 Å². The van der Waals surface area contributed by atoms with Crippen LogP contribution in [0.5, 0.6) is 0 Å². The molecule has 0 saturated carbocycles.